The molecule has 1 aliphatic carbocycles. The predicted octanol–water partition coefficient (Wildman–Crippen LogP) is 4.05. The second-order valence-corrected chi connectivity index (χ2v) is 9.56. The van der Waals surface area contributed by atoms with Crippen LogP contribution in [0.3, 0.4) is 0 Å². The average molecular weight is 496 g/mol. The molecule has 194 valence electrons. The normalized spacial score (nSPS) is 24.8. The Morgan fingerprint density at radius 3 is 2.33 bits per heavy atom. The predicted molar refractivity (Wildman–Crippen MR) is 140 cm³/mol. The highest BCUT2D eigenvalue weighted by molar-refractivity contribution is 5.86. The van der Waals surface area contributed by atoms with Crippen molar-refractivity contribution >= 4 is 16.7 Å². The molecule has 2 bridgehead atoms. The third-order valence-corrected chi connectivity index (χ3v) is 7.10. The molecule has 4 fully saturated rings. The van der Waals surface area contributed by atoms with Gasteiger partial charge in [-0.2, -0.15) is 4.98 Å². The second-order valence-electron chi connectivity index (χ2n) is 9.56. The Bertz CT molecular complexity index is 1250. The average Bonchev–Trinajstić information content (AvgIpc) is 2.82. The van der Waals surface area contributed by atoms with Crippen molar-refractivity contribution in [1.29, 1.82) is 0 Å². The van der Waals surface area contributed by atoms with Crippen LogP contribution in [-0.2, 0) is 11.8 Å². The molecule has 7 rings (SSSR count). The van der Waals surface area contributed by atoms with Gasteiger partial charge in [0.2, 0.25) is 5.88 Å². The lowest BCUT2D eigenvalue weighted by Crippen LogP contribution is -2.57. The number of aromatic nitrogens is 4. The van der Waals surface area contributed by atoms with Crippen molar-refractivity contribution in [2.45, 2.75) is 78.3 Å². The van der Waals surface area contributed by atoms with Crippen LogP contribution in [0, 0.1) is 6.92 Å². The summed E-state index contributed by atoms with van der Waals surface area (Å²) >= 11 is 0. The van der Waals surface area contributed by atoms with E-state index < -0.39 is 0 Å². The highest BCUT2D eigenvalue weighted by Gasteiger charge is 2.38. The molecule has 2 aromatic heterocycles. The Balaban J connectivity index is 0.00000152. The Morgan fingerprint density at radius 2 is 1.67 bits per heavy atom. The van der Waals surface area contributed by atoms with Crippen LogP contribution in [0.2, 0.25) is 0 Å². The number of morpholine rings is 1. The van der Waals surface area contributed by atoms with Crippen molar-refractivity contribution < 1.29 is 14.2 Å². The van der Waals surface area contributed by atoms with E-state index in [0.29, 0.717) is 23.9 Å². The number of hydrogen-bond acceptors (Lipinski definition) is 8. The monoisotopic (exact) mass is 495 g/mol. The minimum atomic E-state index is -0.144. The molecule has 0 radical (unpaired) electrons. The summed E-state index contributed by atoms with van der Waals surface area (Å²) in [5.74, 6) is 2.05. The van der Waals surface area contributed by atoms with Crippen LogP contribution in [0.25, 0.3) is 11.0 Å². The quantitative estimate of drug-likeness (QED) is 0.524. The minimum Gasteiger partial charge on any atom is -0.488 e. The van der Waals surface area contributed by atoms with Crippen molar-refractivity contribution in [3.63, 3.8) is 0 Å². The molecule has 0 amide bonds. The molecule has 1 saturated carbocycles. The van der Waals surface area contributed by atoms with Crippen molar-refractivity contribution in [1.82, 2.24) is 19.5 Å². The zero-order chi connectivity index (χ0) is 23.2. The Labute approximate surface area is 212 Å². The summed E-state index contributed by atoms with van der Waals surface area (Å²) in [5.41, 5.74) is 2.44. The van der Waals surface area contributed by atoms with Gasteiger partial charge in [0.15, 0.2) is 0 Å². The lowest BCUT2D eigenvalue weighted by Gasteiger charge is -2.48. The van der Waals surface area contributed by atoms with E-state index in [1.807, 2.05) is 6.92 Å². The van der Waals surface area contributed by atoms with Crippen molar-refractivity contribution in [2.24, 2.45) is 7.05 Å². The SMILES string of the molecule is C.C.Cc1nccc(OC2CCC(Oc3cc(N4CC5CC(C4)O5)cc4ncc(=O)n(C)c34)CC2)n1. The molecule has 3 aromatic rings. The number of hydrogen-bond donors (Lipinski definition) is 0. The largest absolute Gasteiger partial charge is 0.488 e. The van der Waals surface area contributed by atoms with E-state index in [2.05, 4.69) is 32.0 Å². The van der Waals surface area contributed by atoms with E-state index in [4.69, 9.17) is 14.2 Å². The van der Waals surface area contributed by atoms with E-state index in [9.17, 15) is 4.79 Å². The molecular weight excluding hydrogens is 458 g/mol. The fourth-order valence-corrected chi connectivity index (χ4v) is 5.29. The summed E-state index contributed by atoms with van der Waals surface area (Å²) in [5, 5.41) is 0. The first-order chi connectivity index (χ1) is 16.5. The summed E-state index contributed by atoms with van der Waals surface area (Å²) in [6.45, 7) is 3.61. The van der Waals surface area contributed by atoms with Gasteiger partial charge in [-0.25, -0.2) is 9.97 Å². The van der Waals surface area contributed by atoms with Crippen molar-refractivity contribution in [3.05, 3.63) is 46.8 Å². The molecule has 3 saturated heterocycles. The number of fused-ring (bicyclic) bond motifs is 3. The van der Waals surface area contributed by atoms with Crippen LogP contribution in [0.15, 0.2) is 35.4 Å². The molecule has 9 heteroatoms. The van der Waals surface area contributed by atoms with Gasteiger partial charge in [-0.1, -0.05) is 14.9 Å². The number of nitrogens with zero attached hydrogens (tertiary/aromatic N) is 5. The van der Waals surface area contributed by atoms with Gasteiger partial charge >= 0.3 is 0 Å². The summed E-state index contributed by atoms with van der Waals surface area (Å²) in [4.78, 5) is 27.6. The molecule has 3 aliphatic heterocycles. The molecule has 4 aliphatic rings. The zero-order valence-corrected chi connectivity index (χ0v) is 19.5. The van der Waals surface area contributed by atoms with E-state index >= 15 is 0 Å². The first kappa shape index (κ1) is 25.9. The van der Waals surface area contributed by atoms with Gasteiger partial charge in [0.1, 0.15) is 23.2 Å². The lowest BCUT2D eigenvalue weighted by molar-refractivity contribution is -0.133. The van der Waals surface area contributed by atoms with Gasteiger partial charge in [0.25, 0.3) is 5.56 Å². The van der Waals surface area contributed by atoms with Crippen molar-refractivity contribution in [2.75, 3.05) is 18.0 Å². The summed E-state index contributed by atoms with van der Waals surface area (Å²) < 4.78 is 20.1. The minimum absolute atomic E-state index is 0. The van der Waals surface area contributed by atoms with Crippen LogP contribution in [0.4, 0.5) is 5.69 Å². The Hall–Kier alpha value is -3.20. The topological polar surface area (TPSA) is 91.6 Å². The van der Waals surface area contributed by atoms with E-state index in [-0.39, 0.29) is 32.6 Å². The first-order valence-electron chi connectivity index (χ1n) is 12.0. The lowest BCUT2D eigenvalue weighted by atomic mass is 9.95. The molecule has 2 unspecified atom stereocenters. The van der Waals surface area contributed by atoms with Crippen molar-refractivity contribution in [3.8, 4) is 11.6 Å². The maximum atomic E-state index is 12.3. The molecule has 36 heavy (non-hydrogen) atoms. The molecule has 0 spiro atoms. The molecule has 0 N–H and O–H groups in total. The fraction of sp³-hybridized carbons (Fsp3) is 0.556. The molecular formula is C27H37N5O4. The van der Waals surface area contributed by atoms with Gasteiger partial charge < -0.3 is 23.7 Å². The number of benzene rings is 1. The number of ether oxygens (including phenoxy) is 3. The molecule has 2 atom stereocenters. The fourth-order valence-electron chi connectivity index (χ4n) is 5.29. The van der Waals surface area contributed by atoms with Crippen LogP contribution in [-0.4, -0.2) is 57.0 Å². The first-order valence-corrected chi connectivity index (χ1v) is 12.0. The molecule has 9 nitrogen and oxygen atoms in total. The number of piperidine rings is 1. The standard InChI is InChI=1S/C25H29N5O4.2CH4/c1-15-26-8-7-23(28-15)34-18-5-3-17(4-6-18)33-22-10-16(30-13-19-11-20(14-30)32-19)9-21-25(22)29(2)24(31)12-27-21;;/h7-10,12,17-20H,3-6,11,13-14H2,1-2H3;2*1H4. The van der Waals surface area contributed by atoms with E-state index in [1.165, 1.54) is 6.20 Å². The van der Waals surface area contributed by atoms with E-state index in [1.54, 1.807) is 23.9 Å². The smallest absolute Gasteiger partial charge is 0.269 e. The van der Waals surface area contributed by atoms with Gasteiger partial charge in [0.05, 0.1) is 30.0 Å². The zero-order valence-electron chi connectivity index (χ0n) is 19.5. The van der Waals surface area contributed by atoms with Crippen LogP contribution in [0.1, 0.15) is 52.8 Å². The highest BCUT2D eigenvalue weighted by atomic mass is 16.5. The number of aryl methyl sites for hydroxylation is 2. The maximum Gasteiger partial charge on any atom is 0.269 e. The third-order valence-electron chi connectivity index (χ3n) is 7.10. The van der Waals surface area contributed by atoms with Crippen LogP contribution < -0.4 is 19.9 Å². The number of anilines is 1. The molecule has 5 heterocycles. The number of rotatable bonds is 5. The van der Waals surface area contributed by atoms with Gasteiger partial charge in [-0.15, -0.1) is 0 Å². The maximum absolute atomic E-state index is 12.3. The van der Waals surface area contributed by atoms with Gasteiger partial charge in [0, 0.05) is 50.6 Å². The molecule has 1 aromatic carbocycles. The summed E-state index contributed by atoms with van der Waals surface area (Å²) in [6, 6.07) is 5.93. The highest BCUT2D eigenvalue weighted by Crippen LogP contribution is 2.37. The summed E-state index contributed by atoms with van der Waals surface area (Å²) in [7, 11) is 1.78. The third kappa shape index (κ3) is 5.02. The van der Waals surface area contributed by atoms with Gasteiger partial charge in [-0.05, 0) is 38.7 Å². The van der Waals surface area contributed by atoms with Gasteiger partial charge in [-0.3, -0.25) is 4.79 Å². The van der Waals surface area contributed by atoms with E-state index in [0.717, 1.165) is 67.7 Å². The van der Waals surface area contributed by atoms with Crippen LogP contribution >= 0.6 is 0 Å². The second kappa shape index (κ2) is 10.4. The summed E-state index contributed by atoms with van der Waals surface area (Å²) in [6.07, 6.45) is 8.53. The Morgan fingerprint density at radius 1 is 1.00 bits per heavy atom. The Kier molecular flexibility index (Phi) is 7.49. The van der Waals surface area contributed by atoms with Crippen LogP contribution in [0.5, 0.6) is 11.6 Å².